The van der Waals surface area contributed by atoms with Crippen LogP contribution in [-0.4, -0.2) is 54.7 Å². The predicted octanol–water partition coefficient (Wildman–Crippen LogP) is 0.0261. The van der Waals surface area contributed by atoms with Crippen molar-refractivity contribution in [2.45, 2.75) is 11.2 Å². The molecule has 0 amide bonds. The maximum atomic E-state index is 11.5. The maximum absolute atomic E-state index is 11.5. The molecule has 0 fully saturated rings. The number of rotatable bonds is 5. The van der Waals surface area contributed by atoms with Gasteiger partial charge in [-0.25, -0.2) is 9.59 Å². The van der Waals surface area contributed by atoms with Crippen LogP contribution in [0.4, 0.5) is 0 Å². The standard InChI is InChI=1S/C11H14O7/c1-16-7-5-4-6-10(17-2,8(12)13)11(7,18-3)9(14)15/h4-6H,1-3H3,(H,12,13)(H,14,15). The molecule has 0 aliphatic heterocycles. The Morgan fingerprint density at radius 3 is 2.06 bits per heavy atom. The molecule has 0 bridgehead atoms. The van der Waals surface area contributed by atoms with Crippen LogP contribution in [0.1, 0.15) is 0 Å². The van der Waals surface area contributed by atoms with E-state index in [1.54, 1.807) is 0 Å². The van der Waals surface area contributed by atoms with Gasteiger partial charge < -0.3 is 24.4 Å². The normalized spacial score (nSPS) is 30.7. The van der Waals surface area contributed by atoms with Crippen molar-refractivity contribution >= 4 is 11.9 Å². The predicted molar refractivity (Wildman–Crippen MR) is 59.0 cm³/mol. The summed E-state index contributed by atoms with van der Waals surface area (Å²) in [6.07, 6.45) is 3.77. The van der Waals surface area contributed by atoms with E-state index in [0.29, 0.717) is 0 Å². The fraction of sp³-hybridized carbons (Fsp3) is 0.455. The van der Waals surface area contributed by atoms with Crippen LogP contribution >= 0.6 is 0 Å². The number of hydrogen-bond acceptors (Lipinski definition) is 5. The molecule has 0 spiro atoms. The average molecular weight is 258 g/mol. The highest BCUT2D eigenvalue weighted by Crippen LogP contribution is 2.40. The van der Waals surface area contributed by atoms with Gasteiger partial charge in [0.05, 0.1) is 7.11 Å². The van der Waals surface area contributed by atoms with Gasteiger partial charge in [0, 0.05) is 14.2 Å². The molecule has 0 heterocycles. The molecule has 2 atom stereocenters. The summed E-state index contributed by atoms with van der Waals surface area (Å²) in [6.45, 7) is 0. The van der Waals surface area contributed by atoms with Gasteiger partial charge >= 0.3 is 11.9 Å². The summed E-state index contributed by atoms with van der Waals surface area (Å²) >= 11 is 0. The second-order valence-electron chi connectivity index (χ2n) is 3.53. The molecule has 0 aromatic rings. The van der Waals surface area contributed by atoms with Crippen LogP contribution in [-0.2, 0) is 23.8 Å². The number of carbonyl (C=O) groups is 2. The third-order valence-corrected chi connectivity index (χ3v) is 2.92. The molecule has 100 valence electrons. The largest absolute Gasteiger partial charge is 0.497 e. The second kappa shape index (κ2) is 4.79. The van der Waals surface area contributed by atoms with Crippen molar-refractivity contribution in [2.75, 3.05) is 21.3 Å². The zero-order valence-electron chi connectivity index (χ0n) is 10.2. The Bertz CT molecular complexity index is 425. The Kier molecular flexibility index (Phi) is 3.78. The van der Waals surface area contributed by atoms with Crippen LogP contribution < -0.4 is 0 Å². The summed E-state index contributed by atoms with van der Waals surface area (Å²) in [7, 11) is 3.40. The number of allylic oxidation sites excluding steroid dienone is 2. The minimum atomic E-state index is -2.28. The van der Waals surface area contributed by atoms with Gasteiger partial charge in [-0.15, -0.1) is 0 Å². The quantitative estimate of drug-likeness (QED) is 0.716. The van der Waals surface area contributed by atoms with E-state index >= 15 is 0 Å². The molecule has 7 nitrogen and oxygen atoms in total. The number of carboxylic acid groups (broad SMARTS) is 2. The zero-order valence-corrected chi connectivity index (χ0v) is 10.2. The Labute approximate surface area is 103 Å². The highest BCUT2D eigenvalue weighted by atomic mass is 16.6. The summed E-state index contributed by atoms with van der Waals surface area (Å²) in [6, 6.07) is 0. The SMILES string of the molecule is COC1=CC=CC(OC)(C(=O)O)C1(OC)C(=O)O. The van der Waals surface area contributed by atoms with E-state index in [-0.39, 0.29) is 5.76 Å². The fourth-order valence-electron chi connectivity index (χ4n) is 2.03. The number of aliphatic carboxylic acids is 2. The van der Waals surface area contributed by atoms with Crippen molar-refractivity contribution in [2.24, 2.45) is 0 Å². The molecule has 1 aliphatic carbocycles. The third kappa shape index (κ3) is 1.52. The maximum Gasteiger partial charge on any atom is 0.348 e. The third-order valence-electron chi connectivity index (χ3n) is 2.92. The molecule has 0 saturated heterocycles. The fourth-order valence-corrected chi connectivity index (χ4v) is 2.03. The molecule has 0 radical (unpaired) electrons. The molecule has 2 N–H and O–H groups in total. The summed E-state index contributed by atoms with van der Waals surface area (Å²) in [5, 5.41) is 18.7. The highest BCUT2D eigenvalue weighted by Gasteiger charge is 2.66. The molecular weight excluding hydrogens is 244 g/mol. The van der Waals surface area contributed by atoms with Gasteiger partial charge in [-0.3, -0.25) is 0 Å². The Morgan fingerprint density at radius 1 is 1.11 bits per heavy atom. The highest BCUT2D eigenvalue weighted by molar-refractivity contribution is 5.96. The average Bonchev–Trinajstić information content (AvgIpc) is 2.36. The number of carboxylic acids is 2. The van der Waals surface area contributed by atoms with E-state index in [2.05, 4.69) is 0 Å². The first-order chi connectivity index (χ1) is 8.42. The molecule has 0 saturated carbocycles. The Balaban J connectivity index is 3.60. The van der Waals surface area contributed by atoms with E-state index < -0.39 is 23.1 Å². The van der Waals surface area contributed by atoms with Crippen LogP contribution in [0.5, 0.6) is 0 Å². The van der Waals surface area contributed by atoms with Crippen LogP contribution in [0.2, 0.25) is 0 Å². The molecule has 0 aromatic heterocycles. The lowest BCUT2D eigenvalue weighted by molar-refractivity contribution is -0.207. The number of methoxy groups -OCH3 is 3. The van der Waals surface area contributed by atoms with Crippen molar-refractivity contribution in [1.82, 2.24) is 0 Å². The van der Waals surface area contributed by atoms with Crippen molar-refractivity contribution < 1.29 is 34.0 Å². The summed E-state index contributed by atoms with van der Waals surface area (Å²) in [5.41, 5.74) is -4.48. The molecular formula is C11H14O7. The van der Waals surface area contributed by atoms with E-state index in [4.69, 9.17) is 14.2 Å². The smallest absolute Gasteiger partial charge is 0.348 e. The lowest BCUT2D eigenvalue weighted by atomic mass is 9.77. The molecule has 0 aromatic carbocycles. The zero-order chi connectivity index (χ0) is 14.0. The minimum absolute atomic E-state index is 0.163. The van der Waals surface area contributed by atoms with Crippen molar-refractivity contribution in [3.63, 3.8) is 0 Å². The van der Waals surface area contributed by atoms with Gasteiger partial charge in [0.1, 0.15) is 5.76 Å². The summed E-state index contributed by atoms with van der Waals surface area (Å²) < 4.78 is 14.8. The van der Waals surface area contributed by atoms with Crippen molar-refractivity contribution in [3.05, 3.63) is 24.0 Å². The van der Waals surface area contributed by atoms with Gasteiger partial charge in [-0.1, -0.05) is 6.08 Å². The van der Waals surface area contributed by atoms with E-state index in [0.717, 1.165) is 20.3 Å². The van der Waals surface area contributed by atoms with Gasteiger partial charge in [0.15, 0.2) is 0 Å². The summed E-state index contributed by atoms with van der Waals surface area (Å²) in [4.78, 5) is 23.0. The van der Waals surface area contributed by atoms with Gasteiger partial charge in [-0.2, -0.15) is 0 Å². The van der Waals surface area contributed by atoms with Gasteiger partial charge in [0.2, 0.25) is 5.60 Å². The summed E-state index contributed by atoms with van der Waals surface area (Å²) in [5.74, 6) is -3.18. The first-order valence-electron chi connectivity index (χ1n) is 4.94. The molecule has 1 rings (SSSR count). The Hall–Kier alpha value is -1.86. The van der Waals surface area contributed by atoms with E-state index in [1.165, 1.54) is 19.3 Å². The molecule has 2 unspecified atom stereocenters. The second-order valence-corrected chi connectivity index (χ2v) is 3.53. The lowest BCUT2D eigenvalue weighted by Gasteiger charge is -2.42. The van der Waals surface area contributed by atoms with Crippen LogP contribution in [0, 0.1) is 0 Å². The Morgan fingerprint density at radius 2 is 1.72 bits per heavy atom. The first kappa shape index (κ1) is 14.2. The first-order valence-corrected chi connectivity index (χ1v) is 4.94. The minimum Gasteiger partial charge on any atom is -0.497 e. The molecule has 7 heteroatoms. The van der Waals surface area contributed by atoms with Crippen molar-refractivity contribution in [1.29, 1.82) is 0 Å². The number of hydrogen-bond donors (Lipinski definition) is 2. The van der Waals surface area contributed by atoms with Crippen molar-refractivity contribution in [3.8, 4) is 0 Å². The van der Waals surface area contributed by atoms with Crippen LogP contribution in [0.15, 0.2) is 24.0 Å². The lowest BCUT2D eigenvalue weighted by Crippen LogP contribution is -2.66. The number of ether oxygens (including phenoxy) is 3. The van der Waals surface area contributed by atoms with Crippen LogP contribution in [0.25, 0.3) is 0 Å². The van der Waals surface area contributed by atoms with E-state index in [1.807, 2.05) is 0 Å². The van der Waals surface area contributed by atoms with E-state index in [9.17, 15) is 19.8 Å². The van der Waals surface area contributed by atoms with Crippen LogP contribution in [0.3, 0.4) is 0 Å². The molecule has 1 aliphatic rings. The monoisotopic (exact) mass is 258 g/mol. The van der Waals surface area contributed by atoms with Gasteiger partial charge in [0.25, 0.3) is 5.60 Å². The molecule has 18 heavy (non-hydrogen) atoms. The topological polar surface area (TPSA) is 102 Å². The van der Waals surface area contributed by atoms with Gasteiger partial charge in [-0.05, 0) is 12.2 Å².